The van der Waals surface area contributed by atoms with Crippen molar-refractivity contribution in [3.05, 3.63) is 120 Å². The summed E-state index contributed by atoms with van der Waals surface area (Å²) in [6, 6.07) is 30.5. The maximum atomic E-state index is 13.3. The zero-order valence-corrected chi connectivity index (χ0v) is 25.6. The summed E-state index contributed by atoms with van der Waals surface area (Å²) in [4.78, 5) is 2.28. The van der Waals surface area contributed by atoms with Gasteiger partial charge in [0, 0.05) is 11.1 Å². The third kappa shape index (κ3) is 4.61. The fraction of sp³-hybridized carbons (Fsp3) is 0.250. The van der Waals surface area contributed by atoms with E-state index in [4.69, 9.17) is 14.2 Å². The van der Waals surface area contributed by atoms with Crippen LogP contribution in [-0.2, 0) is 45.5 Å². The molecule has 0 radical (unpaired) electrons. The number of benzene rings is 4. The van der Waals surface area contributed by atoms with Crippen LogP contribution in [0, 0.1) is 0 Å². The molecule has 3 heterocycles. The lowest BCUT2D eigenvalue weighted by atomic mass is 9.92. The van der Waals surface area contributed by atoms with Crippen molar-refractivity contribution in [1.82, 2.24) is 4.90 Å². The summed E-state index contributed by atoms with van der Waals surface area (Å²) in [6.07, 6.45) is -1.76. The van der Waals surface area contributed by atoms with Gasteiger partial charge in [0.15, 0.2) is 0 Å². The van der Waals surface area contributed by atoms with Crippen LogP contribution in [0.5, 0.6) is 0 Å². The molecule has 0 unspecified atom stereocenters. The minimum absolute atomic E-state index is 0.139. The first-order valence-electron chi connectivity index (χ1n) is 14.1. The van der Waals surface area contributed by atoms with E-state index >= 15 is 0 Å². The lowest BCUT2D eigenvalue weighted by molar-refractivity contribution is -0.137. The standard InChI is InChI=1S/C32H31N3O7S2/c1-31(24-17-9-11-19-26(24)33-43(36,37)22-13-5-3-6-14-22)29-35-28(21-40-29)41-32(2,30(35)42-31)25-18-10-12-20-27(25)34-44(38,39)23-15-7-4-8-16-23/h3-20,28-30,33-34H,21H2,1-2H3/t28-,29-,30-,31-,32+/m0/s1. The van der Waals surface area contributed by atoms with E-state index in [0.717, 1.165) is 0 Å². The Morgan fingerprint density at radius 2 is 1.05 bits per heavy atom. The van der Waals surface area contributed by atoms with Gasteiger partial charge in [-0.2, -0.15) is 0 Å². The molecule has 0 aliphatic carbocycles. The molecule has 5 atom stereocenters. The third-order valence-corrected chi connectivity index (χ3v) is 11.2. The minimum atomic E-state index is -3.89. The Hall–Kier alpha value is -3.78. The van der Waals surface area contributed by atoms with Crippen LogP contribution in [0.4, 0.5) is 11.4 Å². The number of nitrogens with zero attached hydrogens (tertiary/aromatic N) is 1. The van der Waals surface area contributed by atoms with Crippen molar-refractivity contribution in [2.45, 2.75) is 53.5 Å². The molecular formula is C32H31N3O7S2. The summed E-state index contributed by atoms with van der Waals surface area (Å²) in [7, 11) is -7.77. The largest absolute Gasteiger partial charge is 0.355 e. The van der Waals surface area contributed by atoms with Crippen molar-refractivity contribution in [2.75, 3.05) is 16.1 Å². The molecule has 12 heteroatoms. The molecule has 7 rings (SSSR count). The minimum Gasteiger partial charge on any atom is -0.355 e. The summed E-state index contributed by atoms with van der Waals surface area (Å²) >= 11 is 0. The van der Waals surface area contributed by atoms with Crippen molar-refractivity contribution < 1.29 is 31.0 Å². The second-order valence-electron chi connectivity index (χ2n) is 11.3. The molecule has 4 aromatic rings. The predicted octanol–water partition coefficient (Wildman–Crippen LogP) is 4.79. The zero-order chi connectivity index (χ0) is 30.7. The second-order valence-corrected chi connectivity index (χ2v) is 14.7. The fourth-order valence-electron chi connectivity index (χ4n) is 6.41. The van der Waals surface area contributed by atoms with E-state index in [1.165, 1.54) is 24.3 Å². The summed E-state index contributed by atoms with van der Waals surface area (Å²) < 4.78 is 78.4. The van der Waals surface area contributed by atoms with Crippen molar-refractivity contribution in [1.29, 1.82) is 0 Å². The Morgan fingerprint density at radius 1 is 0.614 bits per heavy atom. The number of sulfonamides is 2. The van der Waals surface area contributed by atoms with E-state index in [1.54, 1.807) is 60.7 Å². The number of hydrogen-bond acceptors (Lipinski definition) is 8. The highest BCUT2D eigenvalue weighted by molar-refractivity contribution is 7.93. The van der Waals surface area contributed by atoms with Gasteiger partial charge in [0.25, 0.3) is 20.0 Å². The fourth-order valence-corrected chi connectivity index (χ4v) is 8.61. The van der Waals surface area contributed by atoms with Crippen LogP contribution >= 0.6 is 0 Å². The summed E-state index contributed by atoms with van der Waals surface area (Å²) in [5, 5.41) is 0. The average Bonchev–Trinajstić information content (AvgIpc) is 3.66. The van der Waals surface area contributed by atoms with Crippen LogP contribution in [0.15, 0.2) is 119 Å². The quantitative estimate of drug-likeness (QED) is 0.284. The van der Waals surface area contributed by atoms with Crippen LogP contribution in [0.2, 0.25) is 0 Å². The van der Waals surface area contributed by atoms with E-state index < -0.39 is 49.9 Å². The number of nitrogens with one attached hydrogen (secondary N) is 2. The van der Waals surface area contributed by atoms with Gasteiger partial charge in [-0.25, -0.2) is 21.7 Å². The Morgan fingerprint density at radius 3 is 1.55 bits per heavy atom. The molecule has 44 heavy (non-hydrogen) atoms. The van der Waals surface area contributed by atoms with Crippen LogP contribution < -0.4 is 9.44 Å². The second kappa shape index (κ2) is 10.4. The van der Waals surface area contributed by atoms with Crippen LogP contribution in [0.1, 0.15) is 25.0 Å². The smallest absolute Gasteiger partial charge is 0.261 e. The van der Waals surface area contributed by atoms with Gasteiger partial charge in [0.05, 0.1) is 27.8 Å². The molecule has 0 amide bonds. The first-order chi connectivity index (χ1) is 21.0. The lowest BCUT2D eigenvalue weighted by Crippen LogP contribution is -2.41. The number of anilines is 2. The molecular weight excluding hydrogens is 603 g/mol. The Labute approximate surface area is 256 Å². The Bertz CT molecular complexity index is 1810. The molecule has 2 N–H and O–H groups in total. The van der Waals surface area contributed by atoms with E-state index in [9.17, 15) is 16.8 Å². The van der Waals surface area contributed by atoms with Gasteiger partial charge >= 0.3 is 0 Å². The summed E-state index contributed by atoms with van der Waals surface area (Å²) in [6.45, 7) is 4.00. The van der Waals surface area contributed by atoms with Crippen molar-refractivity contribution in [3.63, 3.8) is 0 Å². The molecule has 0 aromatic heterocycles. The highest BCUT2D eigenvalue weighted by Crippen LogP contribution is 2.57. The molecule has 3 aliphatic heterocycles. The average molecular weight is 634 g/mol. The molecule has 3 fully saturated rings. The molecule has 3 saturated heterocycles. The highest BCUT2D eigenvalue weighted by atomic mass is 32.2. The van der Waals surface area contributed by atoms with Gasteiger partial charge in [-0.1, -0.05) is 72.8 Å². The van der Waals surface area contributed by atoms with Gasteiger partial charge in [-0.05, 0) is 50.2 Å². The van der Waals surface area contributed by atoms with Gasteiger partial charge in [-0.3, -0.25) is 9.44 Å². The van der Waals surface area contributed by atoms with Gasteiger partial charge in [0.1, 0.15) is 29.9 Å². The normalized spacial score (nSPS) is 28.1. The summed E-state index contributed by atoms with van der Waals surface area (Å²) in [5.74, 6) is 0. The topological polar surface area (TPSA) is 123 Å². The number of ether oxygens (including phenoxy) is 3. The van der Waals surface area contributed by atoms with Crippen molar-refractivity contribution in [2.24, 2.45) is 0 Å². The van der Waals surface area contributed by atoms with E-state index in [0.29, 0.717) is 22.5 Å². The monoisotopic (exact) mass is 633 g/mol. The van der Waals surface area contributed by atoms with Gasteiger partial charge in [0.2, 0.25) is 0 Å². The molecule has 10 nitrogen and oxygen atoms in total. The SMILES string of the molecule is C[C@@]1(c2ccccc2NS(=O)(=O)c2ccccc2)O[C@@H]2N3[C@H](CO[C@H]31)O[C@]2(C)c1ccccc1NS(=O)(=O)c1ccccc1. The molecule has 4 aromatic carbocycles. The number of para-hydroxylation sites is 2. The van der Waals surface area contributed by atoms with Gasteiger partial charge < -0.3 is 14.2 Å². The predicted molar refractivity (Wildman–Crippen MR) is 163 cm³/mol. The first kappa shape index (κ1) is 29.0. The molecule has 0 saturated carbocycles. The van der Waals surface area contributed by atoms with Gasteiger partial charge in [-0.15, -0.1) is 0 Å². The van der Waals surface area contributed by atoms with E-state index in [1.807, 2.05) is 43.0 Å². The van der Waals surface area contributed by atoms with Crippen molar-refractivity contribution in [3.8, 4) is 0 Å². The van der Waals surface area contributed by atoms with Crippen molar-refractivity contribution >= 4 is 31.4 Å². The van der Waals surface area contributed by atoms with E-state index in [-0.39, 0.29) is 16.4 Å². The van der Waals surface area contributed by atoms with Crippen LogP contribution in [-0.4, -0.2) is 47.0 Å². The number of hydrogen-bond donors (Lipinski definition) is 2. The lowest BCUT2D eigenvalue weighted by Gasteiger charge is -2.34. The maximum absolute atomic E-state index is 13.3. The Kier molecular flexibility index (Phi) is 6.85. The molecule has 228 valence electrons. The first-order valence-corrected chi connectivity index (χ1v) is 17.1. The Balaban J connectivity index is 1.25. The van der Waals surface area contributed by atoms with Crippen LogP contribution in [0.25, 0.3) is 0 Å². The zero-order valence-electron chi connectivity index (χ0n) is 24.0. The molecule has 0 bridgehead atoms. The summed E-state index contributed by atoms with van der Waals surface area (Å²) in [5.41, 5.74) is -0.298. The molecule has 3 aliphatic rings. The number of rotatable bonds is 8. The maximum Gasteiger partial charge on any atom is 0.261 e. The third-order valence-electron chi connectivity index (χ3n) is 8.47. The highest BCUT2D eigenvalue weighted by Gasteiger charge is 2.69. The molecule has 0 spiro atoms. The van der Waals surface area contributed by atoms with Crippen LogP contribution in [0.3, 0.4) is 0 Å². The van der Waals surface area contributed by atoms with E-state index in [2.05, 4.69) is 9.44 Å².